The lowest BCUT2D eigenvalue weighted by atomic mass is 10.1. The number of rotatable bonds is 5. The van der Waals surface area contributed by atoms with E-state index in [2.05, 4.69) is 10.0 Å². The van der Waals surface area contributed by atoms with Crippen LogP contribution in [0, 0.1) is 0 Å². The van der Waals surface area contributed by atoms with Crippen LogP contribution in [0.5, 0.6) is 5.75 Å². The average Bonchev–Trinajstić information content (AvgIpc) is 3.12. The van der Waals surface area contributed by atoms with Gasteiger partial charge in [0.1, 0.15) is 17.2 Å². The highest BCUT2D eigenvalue weighted by atomic mass is 35.5. The fourth-order valence-corrected chi connectivity index (χ4v) is 4.72. The van der Waals surface area contributed by atoms with Crippen LogP contribution >= 0.6 is 11.6 Å². The van der Waals surface area contributed by atoms with Crippen LogP contribution in [-0.4, -0.2) is 33.8 Å². The van der Waals surface area contributed by atoms with Crippen LogP contribution in [0.3, 0.4) is 0 Å². The summed E-state index contributed by atoms with van der Waals surface area (Å²) in [7, 11) is -3.91. The van der Waals surface area contributed by atoms with Gasteiger partial charge in [-0.05, 0) is 37.2 Å². The van der Waals surface area contributed by atoms with Gasteiger partial charge in [-0.25, -0.2) is 12.8 Å². The number of nitrogens with one attached hydrogen (secondary N) is 2. The normalized spacial score (nSPS) is 20.2. The molecule has 1 aliphatic heterocycles. The molecular weight excluding hydrogens is 407 g/mol. The molecule has 2 heterocycles. The molecule has 0 spiro atoms. The van der Waals surface area contributed by atoms with Crippen molar-refractivity contribution in [2.45, 2.75) is 23.6 Å². The molecule has 2 N–H and O–H groups in total. The van der Waals surface area contributed by atoms with E-state index in [9.17, 15) is 12.8 Å². The predicted octanol–water partition coefficient (Wildman–Crippen LogP) is 3.97. The van der Waals surface area contributed by atoms with Crippen LogP contribution in [0.1, 0.15) is 6.42 Å². The Hall–Kier alpha value is -2.29. The first kappa shape index (κ1) is 19.0. The van der Waals surface area contributed by atoms with E-state index < -0.39 is 22.3 Å². The molecule has 1 saturated heterocycles. The molecule has 1 aliphatic rings. The number of halogens is 2. The number of piperidine rings is 1. The molecule has 148 valence electrons. The first-order valence-electron chi connectivity index (χ1n) is 8.74. The van der Waals surface area contributed by atoms with E-state index in [1.807, 2.05) is 0 Å². The zero-order chi connectivity index (χ0) is 19.7. The Morgan fingerprint density at radius 2 is 2.07 bits per heavy atom. The monoisotopic (exact) mass is 424 g/mol. The van der Waals surface area contributed by atoms with Crippen LogP contribution in [0.15, 0.2) is 58.0 Å². The highest BCUT2D eigenvalue weighted by Gasteiger charge is 2.28. The van der Waals surface area contributed by atoms with Gasteiger partial charge in [0.05, 0.1) is 17.0 Å². The van der Waals surface area contributed by atoms with Gasteiger partial charge in [0.2, 0.25) is 0 Å². The molecule has 1 aromatic heterocycles. The number of furan rings is 1. The van der Waals surface area contributed by atoms with Crippen LogP contribution in [-0.2, 0) is 10.0 Å². The van der Waals surface area contributed by atoms with E-state index in [4.69, 9.17) is 20.8 Å². The second kappa shape index (κ2) is 7.62. The lowest BCUT2D eigenvalue weighted by molar-refractivity contribution is 0.0736. The molecule has 28 heavy (non-hydrogen) atoms. The molecule has 1 fully saturated rings. The Balaban J connectivity index is 1.67. The van der Waals surface area contributed by atoms with Crippen molar-refractivity contribution in [2.75, 3.05) is 17.8 Å². The first-order chi connectivity index (χ1) is 13.4. The molecule has 2 unspecified atom stereocenters. The maximum absolute atomic E-state index is 14.2. The molecule has 4 rings (SSSR count). The Morgan fingerprint density at radius 3 is 2.86 bits per heavy atom. The van der Waals surface area contributed by atoms with E-state index in [-0.39, 0.29) is 27.9 Å². The number of ether oxygens (including phenoxy) is 1. The molecule has 9 heteroatoms. The van der Waals surface area contributed by atoms with Gasteiger partial charge in [0.25, 0.3) is 10.0 Å². The van der Waals surface area contributed by atoms with E-state index in [1.165, 1.54) is 24.5 Å². The Labute approximate surface area is 166 Å². The number of benzene rings is 2. The molecule has 0 amide bonds. The highest BCUT2D eigenvalue weighted by molar-refractivity contribution is 7.92. The van der Waals surface area contributed by atoms with E-state index in [1.54, 1.807) is 24.3 Å². The Kier molecular flexibility index (Phi) is 5.18. The molecule has 2 atom stereocenters. The lowest BCUT2D eigenvalue weighted by Crippen LogP contribution is -2.44. The number of fused-ring (bicyclic) bond motifs is 1. The molecule has 0 radical (unpaired) electrons. The minimum atomic E-state index is -3.91. The largest absolute Gasteiger partial charge is 0.483 e. The third kappa shape index (κ3) is 3.80. The smallest absolute Gasteiger partial charge is 0.263 e. The van der Waals surface area contributed by atoms with Crippen molar-refractivity contribution in [3.8, 4) is 5.75 Å². The van der Waals surface area contributed by atoms with Gasteiger partial charge in [-0.2, -0.15) is 0 Å². The van der Waals surface area contributed by atoms with Crippen LogP contribution in [0.4, 0.5) is 10.1 Å². The van der Waals surface area contributed by atoms with Gasteiger partial charge in [-0.1, -0.05) is 23.7 Å². The van der Waals surface area contributed by atoms with Crippen molar-refractivity contribution < 1.29 is 22.0 Å². The summed E-state index contributed by atoms with van der Waals surface area (Å²) in [6.45, 7) is 0.857. The molecule has 2 aromatic carbocycles. The first-order valence-corrected chi connectivity index (χ1v) is 10.6. The van der Waals surface area contributed by atoms with Gasteiger partial charge in [0, 0.05) is 18.0 Å². The minimum absolute atomic E-state index is 0.0337. The van der Waals surface area contributed by atoms with E-state index >= 15 is 0 Å². The van der Waals surface area contributed by atoms with E-state index in [0.717, 1.165) is 0 Å². The topological polar surface area (TPSA) is 80.6 Å². The van der Waals surface area contributed by atoms with Crippen molar-refractivity contribution in [3.63, 3.8) is 0 Å². The number of sulfonamides is 1. The summed E-state index contributed by atoms with van der Waals surface area (Å²) in [5.41, 5.74) is 0.708. The number of anilines is 1. The maximum atomic E-state index is 14.2. The van der Waals surface area contributed by atoms with Gasteiger partial charge in [-0.15, -0.1) is 0 Å². The molecule has 0 aliphatic carbocycles. The molecule has 3 aromatic rings. The standard InChI is InChI=1S/C19H18ClFN2O4S/c20-14-3-1-2-4-18(14)28(24,25)23-13-9-12-6-8-26-19(12)17(10-13)27-16-5-7-22-11-15(16)21/h1-4,6,8-10,15-16,22-23H,5,7,11H2. The van der Waals surface area contributed by atoms with Gasteiger partial charge in [-0.3, -0.25) is 4.72 Å². The molecular formula is C19H18ClFN2O4S. The summed E-state index contributed by atoms with van der Waals surface area (Å²) in [5, 5.41) is 3.72. The summed E-state index contributed by atoms with van der Waals surface area (Å²) in [6.07, 6.45) is 0.172. The second-order valence-electron chi connectivity index (χ2n) is 6.51. The fourth-order valence-electron chi connectivity index (χ4n) is 3.16. The zero-order valence-corrected chi connectivity index (χ0v) is 16.3. The van der Waals surface area contributed by atoms with Crippen molar-refractivity contribution in [3.05, 3.63) is 53.8 Å². The van der Waals surface area contributed by atoms with Crippen LogP contribution in [0.25, 0.3) is 11.0 Å². The predicted molar refractivity (Wildman–Crippen MR) is 105 cm³/mol. The van der Waals surface area contributed by atoms with Crippen molar-refractivity contribution in [1.82, 2.24) is 5.32 Å². The maximum Gasteiger partial charge on any atom is 0.263 e. The Bertz CT molecular complexity index is 1100. The summed E-state index contributed by atoms with van der Waals surface area (Å²) < 4.78 is 53.4. The summed E-state index contributed by atoms with van der Waals surface area (Å²) in [5.74, 6) is 0.286. The lowest BCUT2D eigenvalue weighted by Gasteiger charge is -2.27. The zero-order valence-electron chi connectivity index (χ0n) is 14.7. The van der Waals surface area contributed by atoms with Crippen LogP contribution < -0.4 is 14.8 Å². The third-order valence-electron chi connectivity index (χ3n) is 4.52. The number of hydrogen-bond donors (Lipinski definition) is 2. The van der Waals surface area contributed by atoms with Crippen molar-refractivity contribution in [1.29, 1.82) is 0 Å². The highest BCUT2D eigenvalue weighted by Crippen LogP contribution is 2.34. The average molecular weight is 425 g/mol. The van der Waals surface area contributed by atoms with Gasteiger partial charge < -0.3 is 14.5 Å². The summed E-state index contributed by atoms with van der Waals surface area (Å²) in [6, 6.07) is 11.0. The molecule has 6 nitrogen and oxygen atoms in total. The quantitative estimate of drug-likeness (QED) is 0.647. The third-order valence-corrected chi connectivity index (χ3v) is 6.40. The van der Waals surface area contributed by atoms with Crippen molar-refractivity contribution >= 4 is 38.3 Å². The van der Waals surface area contributed by atoms with Gasteiger partial charge in [0.15, 0.2) is 11.3 Å². The molecule has 0 saturated carbocycles. The summed E-state index contributed by atoms with van der Waals surface area (Å²) in [4.78, 5) is -0.0337. The fraction of sp³-hybridized carbons (Fsp3) is 0.263. The van der Waals surface area contributed by atoms with Gasteiger partial charge >= 0.3 is 0 Å². The van der Waals surface area contributed by atoms with Crippen molar-refractivity contribution in [2.24, 2.45) is 0 Å². The number of alkyl halides is 1. The minimum Gasteiger partial charge on any atom is -0.483 e. The SMILES string of the molecule is O=S(=O)(Nc1cc(OC2CCNCC2F)c2occc2c1)c1ccccc1Cl. The summed E-state index contributed by atoms with van der Waals surface area (Å²) >= 11 is 6.02. The Morgan fingerprint density at radius 1 is 1.25 bits per heavy atom. The van der Waals surface area contributed by atoms with E-state index in [0.29, 0.717) is 23.9 Å². The molecule has 0 bridgehead atoms. The van der Waals surface area contributed by atoms with Crippen LogP contribution in [0.2, 0.25) is 5.02 Å². The second-order valence-corrected chi connectivity index (χ2v) is 8.57. The number of hydrogen-bond acceptors (Lipinski definition) is 5.